The third kappa shape index (κ3) is 43.8. The van der Waals surface area contributed by atoms with Gasteiger partial charge in [0.05, 0.1) is 34.4 Å². The average molecular weight is 812 g/mol. The Morgan fingerprint density at radius 2 is 0.982 bits per heavy atom. The Balaban J connectivity index is 4.23. The van der Waals surface area contributed by atoms with Gasteiger partial charge in [0, 0.05) is 13.0 Å². The summed E-state index contributed by atoms with van der Waals surface area (Å²) in [4.78, 5) is 25.1. The first kappa shape index (κ1) is 54.7. The maximum absolute atomic E-state index is 12.7. The van der Waals surface area contributed by atoms with Crippen LogP contribution < -0.4 is 4.89 Å². The normalized spacial score (nSPS) is 14.0. The summed E-state index contributed by atoms with van der Waals surface area (Å²) in [7, 11) is 1.35. The lowest BCUT2D eigenvalue weighted by Gasteiger charge is -2.28. The van der Waals surface area contributed by atoms with Crippen molar-refractivity contribution in [2.45, 2.75) is 206 Å². The Labute approximate surface area is 346 Å². The summed E-state index contributed by atoms with van der Waals surface area (Å²) in [5.74, 6) is -0.348. The van der Waals surface area contributed by atoms with E-state index in [1.807, 2.05) is 21.1 Å². The quantitative estimate of drug-likeness (QED) is 0.0199. The van der Waals surface area contributed by atoms with Crippen molar-refractivity contribution >= 4 is 13.8 Å². The number of unbranched alkanes of at least 4 members (excludes halogenated alkanes) is 23. The van der Waals surface area contributed by atoms with Crippen LogP contribution in [0.1, 0.15) is 200 Å². The van der Waals surface area contributed by atoms with Crippen molar-refractivity contribution in [3.8, 4) is 0 Å². The van der Waals surface area contributed by atoms with Crippen LogP contribution in [0, 0.1) is 0 Å². The van der Waals surface area contributed by atoms with Gasteiger partial charge in [0.2, 0.25) is 0 Å². The maximum atomic E-state index is 12.7. The molecule has 2 unspecified atom stereocenters. The number of allylic oxidation sites excluding steroid dienone is 6. The van der Waals surface area contributed by atoms with Gasteiger partial charge in [-0.05, 0) is 70.6 Å². The molecule has 0 aliphatic rings. The lowest BCUT2D eigenvalue weighted by atomic mass is 10.1. The zero-order valence-corrected chi connectivity index (χ0v) is 38.2. The third-order valence-electron chi connectivity index (χ3n) is 9.91. The van der Waals surface area contributed by atoms with Gasteiger partial charge >= 0.3 is 5.97 Å². The first-order valence-electron chi connectivity index (χ1n) is 23.2. The van der Waals surface area contributed by atoms with Gasteiger partial charge in [-0.1, -0.05) is 159 Å². The molecule has 0 saturated heterocycles. The molecular formula is C47H90NO7P. The standard InChI is InChI=1S/C47H90NO7P/c1-6-8-10-12-14-16-18-20-22-24-25-27-29-31-33-35-37-39-42-52-44-46(45-54-56(50,51)53-43-41-48(3,4)5)55-47(49)40-38-36-34-32-30-28-26-23-21-19-17-15-13-11-9-7-2/h17,19-20,22-23,26,46H,6-16,18,21,24-25,27-45H2,1-5H3/b19-17-,22-20-,26-23-. The molecular weight excluding hydrogens is 721 g/mol. The molecule has 0 heterocycles. The van der Waals surface area contributed by atoms with E-state index in [9.17, 15) is 14.3 Å². The van der Waals surface area contributed by atoms with Gasteiger partial charge in [-0.2, -0.15) is 0 Å². The minimum absolute atomic E-state index is 0.0226. The van der Waals surface area contributed by atoms with Gasteiger partial charge < -0.3 is 27.9 Å². The summed E-state index contributed by atoms with van der Waals surface area (Å²) in [6.07, 6.45) is 47.2. The van der Waals surface area contributed by atoms with Crippen LogP contribution in [0.4, 0.5) is 0 Å². The molecule has 0 bridgehead atoms. The zero-order chi connectivity index (χ0) is 41.3. The molecule has 330 valence electrons. The van der Waals surface area contributed by atoms with E-state index >= 15 is 0 Å². The molecule has 0 aromatic rings. The second-order valence-electron chi connectivity index (χ2n) is 16.8. The Hall–Kier alpha value is -1.28. The van der Waals surface area contributed by atoms with Gasteiger partial charge in [0.1, 0.15) is 19.3 Å². The number of hydrogen-bond donors (Lipinski definition) is 0. The number of carbonyl (C=O) groups excluding carboxylic acids is 1. The van der Waals surface area contributed by atoms with Gasteiger partial charge in [-0.25, -0.2) is 0 Å². The number of phosphoric ester groups is 1. The fraction of sp³-hybridized carbons (Fsp3) is 0.851. The van der Waals surface area contributed by atoms with Gasteiger partial charge in [0.15, 0.2) is 0 Å². The predicted molar refractivity (Wildman–Crippen MR) is 236 cm³/mol. The summed E-state index contributed by atoms with van der Waals surface area (Å²) < 4.78 is 34.6. The Morgan fingerprint density at radius 3 is 1.48 bits per heavy atom. The minimum atomic E-state index is -4.53. The molecule has 0 aromatic heterocycles. The number of rotatable bonds is 43. The molecule has 8 nitrogen and oxygen atoms in total. The first-order chi connectivity index (χ1) is 27.1. The Kier molecular flexibility index (Phi) is 39.6. The van der Waals surface area contributed by atoms with Crippen molar-refractivity contribution in [1.29, 1.82) is 0 Å². The molecule has 0 radical (unpaired) electrons. The smallest absolute Gasteiger partial charge is 0.306 e. The summed E-state index contributed by atoms with van der Waals surface area (Å²) in [6, 6.07) is 0. The lowest BCUT2D eigenvalue weighted by molar-refractivity contribution is -0.870. The number of carbonyl (C=O) groups is 1. The SMILES string of the molecule is CCCCCC/C=C\C/C=C\CCCCCCCC(=O)OC(COCCCCCCCCCC/C=C\CCCCCCCC)COP(=O)([O-])OCC[N+](C)(C)C. The van der Waals surface area contributed by atoms with Gasteiger partial charge in [0.25, 0.3) is 7.82 Å². The zero-order valence-electron chi connectivity index (χ0n) is 37.3. The van der Waals surface area contributed by atoms with E-state index in [4.69, 9.17) is 18.5 Å². The number of hydrogen-bond acceptors (Lipinski definition) is 7. The van der Waals surface area contributed by atoms with Crippen LogP contribution in [0.15, 0.2) is 36.5 Å². The highest BCUT2D eigenvalue weighted by Crippen LogP contribution is 2.38. The number of likely N-dealkylation sites (N-methyl/N-ethyl adjacent to an activating group) is 1. The molecule has 0 amide bonds. The molecule has 0 saturated carbocycles. The van der Waals surface area contributed by atoms with Crippen LogP contribution >= 0.6 is 7.82 Å². The number of quaternary nitrogens is 1. The van der Waals surface area contributed by atoms with E-state index < -0.39 is 13.9 Å². The van der Waals surface area contributed by atoms with E-state index in [0.717, 1.165) is 57.8 Å². The van der Waals surface area contributed by atoms with E-state index in [1.165, 1.54) is 122 Å². The van der Waals surface area contributed by atoms with E-state index in [1.54, 1.807) is 0 Å². The maximum Gasteiger partial charge on any atom is 0.306 e. The van der Waals surface area contributed by atoms with Gasteiger partial charge in [-0.3, -0.25) is 9.36 Å². The molecule has 0 spiro atoms. The minimum Gasteiger partial charge on any atom is -0.756 e. The fourth-order valence-electron chi connectivity index (χ4n) is 6.28. The predicted octanol–water partition coefficient (Wildman–Crippen LogP) is 13.1. The number of esters is 1. The second kappa shape index (κ2) is 40.5. The molecule has 0 fully saturated rings. The van der Waals surface area contributed by atoms with Crippen LogP contribution in [0.3, 0.4) is 0 Å². The van der Waals surface area contributed by atoms with Crippen molar-refractivity contribution in [3.05, 3.63) is 36.5 Å². The molecule has 0 rings (SSSR count). The van der Waals surface area contributed by atoms with Crippen LogP contribution in [-0.2, 0) is 27.9 Å². The van der Waals surface area contributed by atoms with Crippen molar-refractivity contribution in [2.75, 3.05) is 54.1 Å². The number of ether oxygens (including phenoxy) is 2. The highest BCUT2D eigenvalue weighted by molar-refractivity contribution is 7.45. The first-order valence-corrected chi connectivity index (χ1v) is 24.7. The highest BCUT2D eigenvalue weighted by Gasteiger charge is 2.20. The van der Waals surface area contributed by atoms with Crippen molar-refractivity contribution in [1.82, 2.24) is 0 Å². The number of phosphoric acid groups is 1. The van der Waals surface area contributed by atoms with E-state index in [-0.39, 0.29) is 25.8 Å². The monoisotopic (exact) mass is 812 g/mol. The van der Waals surface area contributed by atoms with Crippen LogP contribution in [0.5, 0.6) is 0 Å². The molecule has 0 aromatic carbocycles. The Morgan fingerprint density at radius 1 is 0.554 bits per heavy atom. The Bertz CT molecular complexity index is 994. The molecule has 9 heteroatoms. The highest BCUT2D eigenvalue weighted by atomic mass is 31.2. The topological polar surface area (TPSA) is 94.1 Å². The molecule has 2 atom stereocenters. The van der Waals surface area contributed by atoms with Crippen molar-refractivity contribution < 1.29 is 37.3 Å². The van der Waals surface area contributed by atoms with Crippen LogP contribution in [0.25, 0.3) is 0 Å². The van der Waals surface area contributed by atoms with Gasteiger partial charge in [-0.15, -0.1) is 0 Å². The molecule has 0 aliphatic heterocycles. The molecule has 0 aliphatic carbocycles. The third-order valence-corrected chi connectivity index (χ3v) is 10.9. The lowest BCUT2D eigenvalue weighted by Crippen LogP contribution is -2.37. The molecule has 56 heavy (non-hydrogen) atoms. The van der Waals surface area contributed by atoms with Crippen molar-refractivity contribution in [2.24, 2.45) is 0 Å². The van der Waals surface area contributed by atoms with E-state index in [2.05, 4.69) is 50.3 Å². The van der Waals surface area contributed by atoms with Crippen LogP contribution in [-0.4, -0.2) is 70.7 Å². The molecule has 0 N–H and O–H groups in total. The summed E-state index contributed by atoms with van der Waals surface area (Å²) >= 11 is 0. The largest absolute Gasteiger partial charge is 0.756 e. The van der Waals surface area contributed by atoms with Crippen LogP contribution in [0.2, 0.25) is 0 Å². The fourth-order valence-corrected chi connectivity index (χ4v) is 7.01. The number of nitrogens with zero attached hydrogens (tertiary/aromatic N) is 1. The average Bonchev–Trinajstić information content (AvgIpc) is 3.15. The summed E-state index contributed by atoms with van der Waals surface area (Å²) in [5.41, 5.74) is 0. The van der Waals surface area contributed by atoms with Crippen molar-refractivity contribution in [3.63, 3.8) is 0 Å². The second-order valence-corrected chi connectivity index (χ2v) is 18.2. The summed E-state index contributed by atoms with van der Waals surface area (Å²) in [5, 5.41) is 0. The van der Waals surface area contributed by atoms with E-state index in [0.29, 0.717) is 24.1 Å². The summed E-state index contributed by atoms with van der Waals surface area (Å²) in [6.45, 7) is 5.38.